The van der Waals surface area contributed by atoms with Gasteiger partial charge in [-0.1, -0.05) is 15.9 Å². The highest BCUT2D eigenvalue weighted by Crippen LogP contribution is 2.15. The summed E-state index contributed by atoms with van der Waals surface area (Å²) in [7, 11) is -3.77. The zero-order chi connectivity index (χ0) is 17.0. The van der Waals surface area contributed by atoms with Gasteiger partial charge in [-0.15, -0.1) is 0 Å². The number of non-ortho nitro benzene ring substituents is 1. The standard InChI is InChI=1S/C14H12BrN3O4S/c1-10(11-2-6-13(7-3-11)18(19)20)16-17-23(21,22)14-8-4-12(15)5-9-14/h2-9,17H,1H3/b16-10+. The summed E-state index contributed by atoms with van der Waals surface area (Å²) in [6.45, 7) is 1.60. The lowest BCUT2D eigenvalue weighted by atomic mass is 10.1. The molecule has 2 aromatic carbocycles. The van der Waals surface area contributed by atoms with Gasteiger partial charge in [-0.2, -0.15) is 18.4 Å². The number of halogens is 1. The van der Waals surface area contributed by atoms with E-state index in [9.17, 15) is 18.5 Å². The summed E-state index contributed by atoms with van der Waals surface area (Å²) in [6, 6.07) is 11.8. The molecule has 2 rings (SSSR count). The lowest BCUT2D eigenvalue weighted by molar-refractivity contribution is -0.384. The molecule has 0 atom stereocenters. The maximum absolute atomic E-state index is 12.1. The molecule has 0 aliphatic heterocycles. The molecule has 0 saturated heterocycles. The van der Waals surface area contributed by atoms with Gasteiger partial charge in [0.1, 0.15) is 0 Å². The van der Waals surface area contributed by atoms with Crippen molar-refractivity contribution in [3.8, 4) is 0 Å². The van der Waals surface area contributed by atoms with Crippen molar-refractivity contribution < 1.29 is 13.3 Å². The van der Waals surface area contributed by atoms with E-state index in [1.54, 1.807) is 19.1 Å². The number of hydrogen-bond donors (Lipinski definition) is 1. The topological polar surface area (TPSA) is 102 Å². The summed E-state index contributed by atoms with van der Waals surface area (Å²) in [4.78, 5) is 12.3. The Labute approximate surface area is 141 Å². The normalized spacial score (nSPS) is 12.0. The minimum Gasteiger partial charge on any atom is -0.258 e. The average molecular weight is 398 g/mol. The Hall–Kier alpha value is -2.26. The molecule has 2 aromatic rings. The molecule has 9 heteroatoms. The number of benzene rings is 2. The summed E-state index contributed by atoms with van der Waals surface area (Å²) in [6.07, 6.45) is 0. The fraction of sp³-hybridized carbons (Fsp3) is 0.0714. The van der Waals surface area contributed by atoms with Crippen LogP contribution in [0.1, 0.15) is 12.5 Å². The lowest BCUT2D eigenvalue weighted by Gasteiger charge is -2.05. The van der Waals surface area contributed by atoms with Gasteiger partial charge in [-0.25, -0.2) is 0 Å². The second-order valence-corrected chi connectivity index (χ2v) is 7.13. The lowest BCUT2D eigenvalue weighted by Crippen LogP contribution is -2.19. The van der Waals surface area contributed by atoms with Crippen molar-refractivity contribution in [3.05, 3.63) is 68.7 Å². The Bertz CT molecular complexity index is 847. The highest BCUT2D eigenvalue weighted by Gasteiger charge is 2.13. The Kier molecular flexibility index (Phi) is 5.12. The fourth-order valence-corrected chi connectivity index (χ4v) is 2.81. The van der Waals surface area contributed by atoms with Crippen molar-refractivity contribution in [2.45, 2.75) is 11.8 Å². The van der Waals surface area contributed by atoms with Crippen LogP contribution in [-0.4, -0.2) is 19.1 Å². The van der Waals surface area contributed by atoms with Gasteiger partial charge < -0.3 is 0 Å². The molecule has 0 spiro atoms. The molecule has 0 radical (unpaired) electrons. The molecule has 1 N–H and O–H groups in total. The number of hydrogen-bond acceptors (Lipinski definition) is 5. The molecule has 0 aromatic heterocycles. The Morgan fingerprint density at radius 3 is 2.22 bits per heavy atom. The van der Waals surface area contributed by atoms with Gasteiger partial charge in [0.05, 0.1) is 15.5 Å². The number of rotatable bonds is 5. The molecule has 0 fully saturated rings. The third-order valence-electron chi connectivity index (χ3n) is 2.95. The van der Waals surface area contributed by atoms with Crippen molar-refractivity contribution in [2.75, 3.05) is 0 Å². The van der Waals surface area contributed by atoms with Crippen molar-refractivity contribution in [1.82, 2.24) is 4.83 Å². The predicted octanol–water partition coefficient (Wildman–Crippen LogP) is 3.06. The molecule has 0 amide bonds. The van der Waals surface area contributed by atoms with Crippen LogP contribution in [-0.2, 0) is 10.0 Å². The van der Waals surface area contributed by atoms with Gasteiger partial charge in [-0.05, 0) is 48.9 Å². The molecular formula is C14H12BrN3O4S. The highest BCUT2D eigenvalue weighted by atomic mass is 79.9. The largest absolute Gasteiger partial charge is 0.276 e. The van der Waals surface area contributed by atoms with Gasteiger partial charge in [0.25, 0.3) is 15.7 Å². The van der Waals surface area contributed by atoms with Crippen LogP contribution in [0.3, 0.4) is 0 Å². The third-order valence-corrected chi connectivity index (χ3v) is 4.71. The number of hydrazone groups is 1. The minimum absolute atomic E-state index is 0.0445. The van der Waals surface area contributed by atoms with Crippen LogP contribution < -0.4 is 4.83 Å². The van der Waals surface area contributed by atoms with Crippen LogP contribution >= 0.6 is 15.9 Å². The summed E-state index contributed by atoms with van der Waals surface area (Å²) < 4.78 is 25.0. The first-order valence-corrected chi connectivity index (χ1v) is 8.64. The van der Waals surface area contributed by atoms with E-state index in [0.717, 1.165) is 4.47 Å². The van der Waals surface area contributed by atoms with Crippen molar-refractivity contribution in [1.29, 1.82) is 0 Å². The summed E-state index contributed by atoms with van der Waals surface area (Å²) in [5.74, 6) is 0. The second-order valence-electron chi connectivity index (χ2n) is 4.55. The highest BCUT2D eigenvalue weighted by molar-refractivity contribution is 9.10. The maximum Gasteiger partial charge on any atom is 0.276 e. The van der Waals surface area contributed by atoms with Crippen LogP contribution in [0.25, 0.3) is 0 Å². The predicted molar refractivity (Wildman–Crippen MR) is 89.8 cm³/mol. The molecule has 0 heterocycles. The smallest absolute Gasteiger partial charge is 0.258 e. The molecule has 0 unspecified atom stereocenters. The van der Waals surface area contributed by atoms with E-state index in [1.807, 2.05) is 0 Å². The number of nitrogens with zero attached hydrogens (tertiary/aromatic N) is 2. The quantitative estimate of drug-likeness (QED) is 0.475. The zero-order valence-corrected chi connectivity index (χ0v) is 14.3. The van der Waals surface area contributed by atoms with Crippen LogP contribution in [0, 0.1) is 10.1 Å². The first-order chi connectivity index (χ1) is 10.8. The maximum atomic E-state index is 12.1. The van der Waals surface area contributed by atoms with Crippen LogP contribution in [0.5, 0.6) is 0 Å². The van der Waals surface area contributed by atoms with Crippen molar-refractivity contribution >= 4 is 37.4 Å². The van der Waals surface area contributed by atoms with E-state index in [4.69, 9.17) is 0 Å². The van der Waals surface area contributed by atoms with Crippen molar-refractivity contribution in [2.24, 2.45) is 5.10 Å². The molecule has 120 valence electrons. The fourth-order valence-electron chi connectivity index (χ4n) is 1.68. The molecular weight excluding hydrogens is 386 g/mol. The van der Waals surface area contributed by atoms with Crippen LogP contribution in [0.2, 0.25) is 0 Å². The average Bonchev–Trinajstić information content (AvgIpc) is 2.53. The Balaban J connectivity index is 2.18. The number of nitro groups is 1. The zero-order valence-electron chi connectivity index (χ0n) is 11.9. The van der Waals surface area contributed by atoms with Crippen LogP contribution in [0.15, 0.2) is 63.0 Å². The first kappa shape index (κ1) is 17.1. The summed E-state index contributed by atoms with van der Waals surface area (Å²) in [5.41, 5.74) is 0.923. The van der Waals surface area contributed by atoms with E-state index in [-0.39, 0.29) is 10.6 Å². The van der Waals surface area contributed by atoms with Gasteiger partial charge in [0, 0.05) is 16.6 Å². The molecule has 7 nitrogen and oxygen atoms in total. The van der Waals surface area contributed by atoms with E-state index in [0.29, 0.717) is 11.3 Å². The molecule has 23 heavy (non-hydrogen) atoms. The van der Waals surface area contributed by atoms with E-state index in [2.05, 4.69) is 25.9 Å². The van der Waals surface area contributed by atoms with Gasteiger partial charge in [0.2, 0.25) is 0 Å². The van der Waals surface area contributed by atoms with Gasteiger partial charge in [0.15, 0.2) is 0 Å². The minimum atomic E-state index is -3.77. The summed E-state index contributed by atoms with van der Waals surface area (Å²) in [5, 5.41) is 14.4. The Morgan fingerprint density at radius 2 is 1.70 bits per heavy atom. The molecule has 0 aliphatic rings. The van der Waals surface area contributed by atoms with Gasteiger partial charge >= 0.3 is 0 Å². The number of sulfonamides is 1. The first-order valence-electron chi connectivity index (χ1n) is 6.36. The number of nitrogens with one attached hydrogen (secondary N) is 1. The number of nitro benzene ring substituents is 1. The van der Waals surface area contributed by atoms with E-state index in [1.165, 1.54) is 36.4 Å². The Morgan fingerprint density at radius 1 is 1.13 bits per heavy atom. The van der Waals surface area contributed by atoms with E-state index < -0.39 is 14.9 Å². The molecule has 0 aliphatic carbocycles. The van der Waals surface area contributed by atoms with Crippen LogP contribution in [0.4, 0.5) is 5.69 Å². The molecule has 0 saturated carbocycles. The monoisotopic (exact) mass is 397 g/mol. The second kappa shape index (κ2) is 6.88. The van der Waals surface area contributed by atoms with E-state index >= 15 is 0 Å². The third kappa shape index (κ3) is 4.36. The molecule has 0 bridgehead atoms. The SMILES string of the molecule is C/C(=N\NS(=O)(=O)c1ccc(Br)cc1)c1ccc([N+](=O)[O-])cc1. The summed E-state index contributed by atoms with van der Waals surface area (Å²) >= 11 is 3.23. The van der Waals surface area contributed by atoms with Crippen molar-refractivity contribution in [3.63, 3.8) is 0 Å². The van der Waals surface area contributed by atoms with Gasteiger partial charge in [-0.3, -0.25) is 10.1 Å².